The van der Waals surface area contributed by atoms with Crippen molar-refractivity contribution in [2.45, 2.75) is 46.1 Å². The minimum Gasteiger partial charge on any atom is -0.295 e. The van der Waals surface area contributed by atoms with E-state index < -0.39 is 18.3 Å². The molecule has 0 amide bonds. The van der Waals surface area contributed by atoms with Crippen LogP contribution in [-0.4, -0.2) is 36.4 Å². The molecule has 14 heavy (non-hydrogen) atoms. The molecule has 2 atom stereocenters. The summed E-state index contributed by atoms with van der Waals surface area (Å²) in [5.41, 5.74) is 0. The average molecular weight is 205 g/mol. The molecule has 0 N–H and O–H groups in total. The predicted octanol–water partition coefficient (Wildman–Crippen LogP) is 2.66. The number of halogens is 2. The third-order valence-corrected chi connectivity index (χ3v) is 3.15. The number of hydrogen-bond donors (Lipinski definition) is 0. The largest absolute Gasteiger partial charge is 0.295 e. The van der Waals surface area contributed by atoms with E-state index in [0.717, 1.165) is 0 Å². The lowest BCUT2D eigenvalue weighted by Crippen LogP contribution is -2.52. The van der Waals surface area contributed by atoms with E-state index in [2.05, 4.69) is 0 Å². The number of alkyl halides is 2. The molecule has 0 radical (unpaired) electrons. The van der Waals surface area contributed by atoms with Crippen molar-refractivity contribution in [2.24, 2.45) is 11.8 Å². The van der Waals surface area contributed by atoms with E-state index in [4.69, 9.17) is 0 Å². The van der Waals surface area contributed by atoms with Gasteiger partial charge in [0.2, 0.25) is 0 Å². The second-order valence-corrected chi connectivity index (χ2v) is 4.90. The molecule has 1 rings (SSSR count). The van der Waals surface area contributed by atoms with Crippen LogP contribution >= 0.6 is 0 Å². The van der Waals surface area contributed by atoms with Crippen molar-refractivity contribution in [3.05, 3.63) is 0 Å². The second-order valence-electron chi connectivity index (χ2n) is 4.90. The molecule has 0 aliphatic carbocycles. The molecular formula is C11H21F2N. The maximum Gasteiger partial charge on any atom is 0.119 e. The Labute approximate surface area is 85.5 Å². The number of nitrogens with zero attached hydrogens (tertiary/aromatic N) is 1. The number of piperidine rings is 1. The van der Waals surface area contributed by atoms with Gasteiger partial charge in [-0.3, -0.25) is 4.90 Å². The molecule has 0 aromatic carbocycles. The third-order valence-electron chi connectivity index (χ3n) is 3.15. The highest BCUT2D eigenvalue weighted by Crippen LogP contribution is 2.30. The Kier molecular flexibility index (Phi) is 3.87. The molecule has 1 aliphatic heterocycles. The molecule has 0 aromatic heterocycles. The summed E-state index contributed by atoms with van der Waals surface area (Å²) in [6.45, 7) is 8.54. The lowest BCUT2D eigenvalue weighted by molar-refractivity contribution is -0.0165. The fourth-order valence-corrected chi connectivity index (χ4v) is 2.25. The van der Waals surface area contributed by atoms with Crippen LogP contribution in [0.5, 0.6) is 0 Å². The van der Waals surface area contributed by atoms with Crippen molar-refractivity contribution in [2.75, 3.05) is 13.1 Å². The van der Waals surface area contributed by atoms with Crippen molar-refractivity contribution >= 4 is 0 Å². The van der Waals surface area contributed by atoms with Crippen molar-refractivity contribution in [1.82, 2.24) is 4.90 Å². The highest BCUT2D eigenvalue weighted by molar-refractivity contribution is 4.89. The lowest BCUT2D eigenvalue weighted by atomic mass is 9.83. The maximum atomic E-state index is 13.7. The third kappa shape index (κ3) is 2.44. The van der Waals surface area contributed by atoms with Gasteiger partial charge in [0.25, 0.3) is 0 Å². The molecule has 84 valence electrons. The standard InChI is InChI=1S/C11H21F2N/c1-7(2)11-9(12)5-14(8(3)4)6-10(11)13/h7-11H,5-6H2,1-4H3. The van der Waals surface area contributed by atoms with E-state index in [1.54, 1.807) is 0 Å². The summed E-state index contributed by atoms with van der Waals surface area (Å²) >= 11 is 0. The first kappa shape index (κ1) is 11.9. The first-order valence-electron chi connectivity index (χ1n) is 5.45. The quantitative estimate of drug-likeness (QED) is 0.670. The normalized spacial score (nSPS) is 35.6. The topological polar surface area (TPSA) is 3.24 Å². The minimum atomic E-state index is -1.01. The van der Waals surface area contributed by atoms with E-state index in [1.807, 2.05) is 32.6 Å². The summed E-state index contributed by atoms with van der Waals surface area (Å²) in [6, 6.07) is 0.236. The van der Waals surface area contributed by atoms with Crippen molar-refractivity contribution in [3.8, 4) is 0 Å². The van der Waals surface area contributed by atoms with Crippen LogP contribution in [0.3, 0.4) is 0 Å². The Morgan fingerprint density at radius 3 is 1.71 bits per heavy atom. The van der Waals surface area contributed by atoms with Crippen LogP contribution in [0.15, 0.2) is 0 Å². The predicted molar refractivity (Wildman–Crippen MR) is 54.8 cm³/mol. The Balaban J connectivity index is 2.63. The summed E-state index contributed by atoms with van der Waals surface area (Å²) in [6.07, 6.45) is -2.03. The molecule has 2 unspecified atom stereocenters. The zero-order valence-electron chi connectivity index (χ0n) is 9.50. The zero-order chi connectivity index (χ0) is 10.9. The monoisotopic (exact) mass is 205 g/mol. The van der Waals surface area contributed by atoms with Crippen LogP contribution in [0.1, 0.15) is 27.7 Å². The van der Waals surface area contributed by atoms with Crippen LogP contribution < -0.4 is 0 Å². The molecule has 0 spiro atoms. The van der Waals surface area contributed by atoms with Crippen LogP contribution in [0.25, 0.3) is 0 Å². The lowest BCUT2D eigenvalue weighted by Gasteiger charge is -2.40. The molecule has 1 nitrogen and oxygen atoms in total. The number of likely N-dealkylation sites (tertiary alicyclic amines) is 1. The summed E-state index contributed by atoms with van der Waals surface area (Å²) in [4.78, 5) is 1.88. The van der Waals surface area contributed by atoms with E-state index in [1.165, 1.54) is 0 Å². The Hall–Kier alpha value is -0.180. The Morgan fingerprint density at radius 2 is 1.43 bits per heavy atom. The second kappa shape index (κ2) is 4.56. The first-order valence-corrected chi connectivity index (χ1v) is 5.45. The van der Waals surface area contributed by atoms with Gasteiger partial charge in [-0.1, -0.05) is 13.8 Å². The van der Waals surface area contributed by atoms with E-state index in [9.17, 15) is 8.78 Å². The van der Waals surface area contributed by atoms with Gasteiger partial charge < -0.3 is 0 Å². The molecule has 1 saturated heterocycles. The minimum absolute atomic E-state index is 0.0920. The summed E-state index contributed by atoms with van der Waals surface area (Å²) < 4.78 is 27.4. The van der Waals surface area contributed by atoms with Crippen molar-refractivity contribution in [1.29, 1.82) is 0 Å². The summed E-state index contributed by atoms with van der Waals surface area (Å²) in [5.74, 6) is -0.320. The molecule has 1 aliphatic rings. The van der Waals surface area contributed by atoms with Gasteiger partial charge in [-0.2, -0.15) is 0 Å². The fraction of sp³-hybridized carbons (Fsp3) is 1.00. The average Bonchev–Trinajstić information content (AvgIpc) is 2.01. The van der Waals surface area contributed by atoms with Crippen LogP contribution in [0.4, 0.5) is 8.78 Å². The highest BCUT2D eigenvalue weighted by atomic mass is 19.1. The van der Waals surface area contributed by atoms with Crippen LogP contribution in [-0.2, 0) is 0 Å². The fourth-order valence-electron chi connectivity index (χ4n) is 2.25. The highest BCUT2D eigenvalue weighted by Gasteiger charge is 2.39. The summed E-state index contributed by atoms with van der Waals surface area (Å²) in [7, 11) is 0. The summed E-state index contributed by atoms with van der Waals surface area (Å²) in [5, 5.41) is 0. The Bertz CT molecular complexity index is 170. The molecule has 3 heteroatoms. The molecule has 0 bridgehead atoms. The maximum absolute atomic E-state index is 13.7. The number of hydrogen-bond acceptors (Lipinski definition) is 1. The van der Waals surface area contributed by atoms with Gasteiger partial charge in [0.05, 0.1) is 0 Å². The van der Waals surface area contributed by atoms with Crippen molar-refractivity contribution < 1.29 is 8.78 Å². The smallest absolute Gasteiger partial charge is 0.119 e. The van der Waals surface area contributed by atoms with E-state index in [-0.39, 0.29) is 12.0 Å². The first-order chi connectivity index (χ1) is 6.43. The van der Waals surface area contributed by atoms with Gasteiger partial charge in [-0.25, -0.2) is 8.78 Å². The molecule has 0 saturated carbocycles. The van der Waals surface area contributed by atoms with Gasteiger partial charge >= 0.3 is 0 Å². The van der Waals surface area contributed by atoms with Gasteiger partial charge in [0.15, 0.2) is 0 Å². The molecule has 1 heterocycles. The molecular weight excluding hydrogens is 184 g/mol. The van der Waals surface area contributed by atoms with Crippen LogP contribution in [0, 0.1) is 11.8 Å². The van der Waals surface area contributed by atoms with Gasteiger partial charge in [-0.15, -0.1) is 0 Å². The number of rotatable bonds is 2. The Morgan fingerprint density at radius 1 is 1.00 bits per heavy atom. The zero-order valence-corrected chi connectivity index (χ0v) is 9.50. The van der Waals surface area contributed by atoms with Crippen molar-refractivity contribution in [3.63, 3.8) is 0 Å². The SMILES string of the molecule is CC(C)C1C(F)CN(C(C)C)CC1F. The van der Waals surface area contributed by atoms with E-state index >= 15 is 0 Å². The van der Waals surface area contributed by atoms with Gasteiger partial charge in [0.1, 0.15) is 12.3 Å². The van der Waals surface area contributed by atoms with E-state index in [0.29, 0.717) is 13.1 Å². The van der Waals surface area contributed by atoms with Gasteiger partial charge in [0, 0.05) is 25.0 Å². The molecule has 1 fully saturated rings. The van der Waals surface area contributed by atoms with Crippen LogP contribution in [0.2, 0.25) is 0 Å². The van der Waals surface area contributed by atoms with Gasteiger partial charge in [-0.05, 0) is 19.8 Å². The molecule has 0 aromatic rings.